The van der Waals surface area contributed by atoms with Crippen LogP contribution in [0.5, 0.6) is 0 Å². The monoisotopic (exact) mass is 309 g/mol. The Morgan fingerprint density at radius 2 is 1.90 bits per heavy atom. The highest BCUT2D eigenvalue weighted by molar-refractivity contribution is 7.12. The van der Waals surface area contributed by atoms with Crippen molar-refractivity contribution >= 4 is 23.2 Å². The van der Waals surface area contributed by atoms with Gasteiger partial charge in [0, 0.05) is 31.7 Å². The van der Waals surface area contributed by atoms with Crippen LogP contribution in [-0.4, -0.2) is 59.9 Å². The van der Waals surface area contributed by atoms with Gasteiger partial charge in [-0.05, 0) is 32.2 Å². The van der Waals surface area contributed by atoms with Crippen LogP contribution in [-0.2, 0) is 4.79 Å². The van der Waals surface area contributed by atoms with Gasteiger partial charge in [-0.2, -0.15) is 0 Å². The van der Waals surface area contributed by atoms with Crippen LogP contribution < -0.4 is 5.32 Å². The first-order valence-corrected chi connectivity index (χ1v) is 8.09. The molecule has 0 bridgehead atoms. The lowest BCUT2D eigenvalue weighted by molar-refractivity contribution is -0.124. The minimum atomic E-state index is -0.200. The van der Waals surface area contributed by atoms with Crippen molar-refractivity contribution in [3.8, 4) is 0 Å². The molecule has 5 nitrogen and oxygen atoms in total. The lowest BCUT2D eigenvalue weighted by Crippen LogP contribution is -2.52. The maximum Gasteiger partial charge on any atom is 0.264 e. The molecular formula is C15H23N3O2S. The zero-order chi connectivity index (χ0) is 15.5. The fourth-order valence-corrected chi connectivity index (χ4v) is 3.02. The highest BCUT2D eigenvalue weighted by Crippen LogP contribution is 2.13. The van der Waals surface area contributed by atoms with Gasteiger partial charge in [0.05, 0.1) is 11.4 Å². The molecule has 0 radical (unpaired) electrons. The molecule has 0 spiro atoms. The Labute approximate surface area is 129 Å². The number of carbonyl (C=O) groups is 2. The molecule has 2 rings (SSSR count). The third-order valence-corrected chi connectivity index (χ3v) is 4.13. The molecule has 1 saturated heterocycles. The molecule has 1 aliphatic rings. The van der Waals surface area contributed by atoms with Crippen LogP contribution in [0.15, 0.2) is 17.5 Å². The molecule has 2 amide bonds. The average molecular weight is 309 g/mol. The van der Waals surface area contributed by atoms with Gasteiger partial charge in [-0.1, -0.05) is 6.07 Å². The summed E-state index contributed by atoms with van der Waals surface area (Å²) in [7, 11) is 0. The highest BCUT2D eigenvalue weighted by atomic mass is 32.1. The van der Waals surface area contributed by atoms with Gasteiger partial charge in [-0.15, -0.1) is 11.3 Å². The number of nitrogens with one attached hydrogen (secondary N) is 1. The van der Waals surface area contributed by atoms with Gasteiger partial charge in [0.15, 0.2) is 0 Å². The van der Waals surface area contributed by atoms with E-state index in [0.717, 1.165) is 18.0 Å². The number of rotatable bonds is 3. The summed E-state index contributed by atoms with van der Waals surface area (Å²) in [6, 6.07) is 3.75. The number of piperazine rings is 1. The average Bonchev–Trinajstić information content (AvgIpc) is 2.90. The Morgan fingerprint density at radius 3 is 2.43 bits per heavy atom. The summed E-state index contributed by atoms with van der Waals surface area (Å²) in [5, 5.41) is 4.88. The van der Waals surface area contributed by atoms with E-state index in [1.54, 1.807) is 0 Å². The van der Waals surface area contributed by atoms with Crippen molar-refractivity contribution in [2.75, 3.05) is 32.7 Å². The van der Waals surface area contributed by atoms with E-state index in [1.807, 2.05) is 43.2 Å². The quantitative estimate of drug-likeness (QED) is 0.919. The van der Waals surface area contributed by atoms with E-state index in [9.17, 15) is 9.59 Å². The van der Waals surface area contributed by atoms with Crippen LogP contribution in [0.1, 0.15) is 30.4 Å². The SMILES string of the molecule is CC(C)(C)NC(=O)CN1CCN(C(=O)c2cccs2)CC1. The Kier molecular flexibility index (Phi) is 5.00. The minimum absolute atomic E-state index is 0.0422. The molecule has 116 valence electrons. The van der Waals surface area contributed by atoms with Gasteiger partial charge in [0.2, 0.25) is 5.91 Å². The summed E-state index contributed by atoms with van der Waals surface area (Å²) < 4.78 is 0. The molecule has 0 saturated carbocycles. The maximum atomic E-state index is 12.2. The van der Waals surface area contributed by atoms with E-state index in [2.05, 4.69) is 10.2 Å². The second kappa shape index (κ2) is 6.58. The number of amides is 2. The van der Waals surface area contributed by atoms with Crippen LogP contribution in [0, 0.1) is 0 Å². The van der Waals surface area contributed by atoms with Gasteiger partial charge in [0.1, 0.15) is 0 Å². The maximum absolute atomic E-state index is 12.2. The largest absolute Gasteiger partial charge is 0.350 e. The van der Waals surface area contributed by atoms with Crippen molar-refractivity contribution in [3.63, 3.8) is 0 Å². The van der Waals surface area contributed by atoms with Crippen LogP contribution >= 0.6 is 11.3 Å². The van der Waals surface area contributed by atoms with Crippen molar-refractivity contribution < 1.29 is 9.59 Å². The Balaban J connectivity index is 1.78. The van der Waals surface area contributed by atoms with E-state index in [-0.39, 0.29) is 17.4 Å². The molecule has 0 unspecified atom stereocenters. The third-order valence-electron chi connectivity index (χ3n) is 3.27. The second-order valence-electron chi connectivity index (χ2n) is 6.34. The first-order chi connectivity index (χ1) is 9.85. The van der Waals surface area contributed by atoms with Gasteiger partial charge in [0.25, 0.3) is 5.91 Å². The molecule has 1 aromatic heterocycles. The zero-order valence-electron chi connectivity index (χ0n) is 12.9. The van der Waals surface area contributed by atoms with Crippen molar-refractivity contribution in [3.05, 3.63) is 22.4 Å². The number of thiophene rings is 1. The molecule has 1 fully saturated rings. The van der Waals surface area contributed by atoms with Crippen molar-refractivity contribution in [1.29, 1.82) is 0 Å². The first-order valence-electron chi connectivity index (χ1n) is 7.21. The van der Waals surface area contributed by atoms with Crippen LogP contribution in [0.4, 0.5) is 0 Å². The van der Waals surface area contributed by atoms with Crippen LogP contribution in [0.3, 0.4) is 0 Å². The number of hydrogen-bond donors (Lipinski definition) is 1. The van der Waals surface area contributed by atoms with E-state index < -0.39 is 0 Å². The zero-order valence-corrected chi connectivity index (χ0v) is 13.7. The molecule has 1 N–H and O–H groups in total. The molecule has 0 aliphatic carbocycles. The van der Waals surface area contributed by atoms with Gasteiger partial charge >= 0.3 is 0 Å². The lowest BCUT2D eigenvalue weighted by Gasteiger charge is -2.34. The van der Waals surface area contributed by atoms with E-state index in [4.69, 9.17) is 0 Å². The van der Waals surface area contributed by atoms with Gasteiger partial charge < -0.3 is 10.2 Å². The fraction of sp³-hybridized carbons (Fsp3) is 0.600. The van der Waals surface area contributed by atoms with Gasteiger partial charge in [-0.25, -0.2) is 0 Å². The molecular weight excluding hydrogens is 286 g/mol. The van der Waals surface area contributed by atoms with Crippen molar-refractivity contribution in [2.24, 2.45) is 0 Å². The van der Waals surface area contributed by atoms with Crippen LogP contribution in [0.2, 0.25) is 0 Å². The summed E-state index contributed by atoms with van der Waals surface area (Å²) >= 11 is 1.47. The standard InChI is InChI=1S/C15H23N3O2S/c1-15(2,3)16-13(19)11-17-6-8-18(9-7-17)14(20)12-5-4-10-21-12/h4-5,10H,6-9,11H2,1-3H3,(H,16,19). The molecule has 0 atom stereocenters. The van der Waals surface area contributed by atoms with E-state index >= 15 is 0 Å². The predicted molar refractivity (Wildman–Crippen MR) is 84.6 cm³/mol. The third kappa shape index (κ3) is 4.82. The first kappa shape index (κ1) is 16.0. The molecule has 6 heteroatoms. The normalized spacial score (nSPS) is 16.8. The second-order valence-corrected chi connectivity index (χ2v) is 7.29. The molecule has 2 heterocycles. The summed E-state index contributed by atoms with van der Waals surface area (Å²) in [5.41, 5.74) is -0.200. The number of nitrogens with zero attached hydrogens (tertiary/aromatic N) is 2. The van der Waals surface area contributed by atoms with Crippen molar-refractivity contribution in [1.82, 2.24) is 15.1 Å². The molecule has 21 heavy (non-hydrogen) atoms. The van der Waals surface area contributed by atoms with Crippen LogP contribution in [0.25, 0.3) is 0 Å². The Hall–Kier alpha value is -1.40. The van der Waals surface area contributed by atoms with Gasteiger partial charge in [-0.3, -0.25) is 14.5 Å². The molecule has 1 aromatic rings. The number of hydrogen-bond acceptors (Lipinski definition) is 4. The predicted octanol–water partition coefficient (Wildman–Crippen LogP) is 1.42. The topological polar surface area (TPSA) is 52.7 Å². The fourth-order valence-electron chi connectivity index (χ4n) is 2.33. The smallest absolute Gasteiger partial charge is 0.264 e. The molecule has 1 aliphatic heterocycles. The minimum Gasteiger partial charge on any atom is -0.350 e. The summed E-state index contributed by atoms with van der Waals surface area (Å²) in [4.78, 5) is 28.9. The Bertz CT molecular complexity index is 486. The highest BCUT2D eigenvalue weighted by Gasteiger charge is 2.24. The van der Waals surface area contributed by atoms with E-state index in [0.29, 0.717) is 19.6 Å². The Morgan fingerprint density at radius 1 is 1.24 bits per heavy atom. The number of carbonyl (C=O) groups excluding carboxylic acids is 2. The lowest BCUT2D eigenvalue weighted by atomic mass is 10.1. The molecule has 0 aromatic carbocycles. The summed E-state index contributed by atoms with van der Waals surface area (Å²) in [5.74, 6) is 0.143. The summed E-state index contributed by atoms with van der Waals surface area (Å²) in [6.07, 6.45) is 0. The van der Waals surface area contributed by atoms with E-state index in [1.165, 1.54) is 11.3 Å². The van der Waals surface area contributed by atoms with Crippen molar-refractivity contribution in [2.45, 2.75) is 26.3 Å². The summed E-state index contributed by atoms with van der Waals surface area (Å²) in [6.45, 7) is 9.17.